The Morgan fingerprint density at radius 2 is 1.93 bits per heavy atom. The quantitative estimate of drug-likeness (QED) is 0.647. The second kappa shape index (κ2) is 9.99. The van der Waals surface area contributed by atoms with Crippen molar-refractivity contribution in [3.63, 3.8) is 0 Å². The summed E-state index contributed by atoms with van der Waals surface area (Å²) in [6.07, 6.45) is 0.834. The number of esters is 1. The summed E-state index contributed by atoms with van der Waals surface area (Å²) < 4.78 is 37.1. The lowest BCUT2D eigenvalue weighted by atomic mass is 10.1. The predicted molar refractivity (Wildman–Crippen MR) is 104 cm³/mol. The van der Waals surface area contributed by atoms with Crippen LogP contribution >= 0.6 is 0 Å². The summed E-state index contributed by atoms with van der Waals surface area (Å²) in [5, 5.41) is 2.68. The summed E-state index contributed by atoms with van der Waals surface area (Å²) in [5.74, 6) is -0.652. The topological polar surface area (TPSA) is 102 Å². The van der Waals surface area contributed by atoms with Crippen molar-refractivity contribution in [3.8, 4) is 0 Å². The highest BCUT2D eigenvalue weighted by Gasteiger charge is 2.27. The maximum atomic E-state index is 12.8. The molecular formula is C19H28N2O6S. The average Bonchev–Trinajstić information content (AvgIpc) is 2.66. The van der Waals surface area contributed by atoms with E-state index in [0.717, 1.165) is 6.42 Å². The second-order valence-electron chi connectivity index (χ2n) is 7.10. The number of aryl methyl sites for hydroxylation is 1. The van der Waals surface area contributed by atoms with Gasteiger partial charge < -0.3 is 14.8 Å². The summed E-state index contributed by atoms with van der Waals surface area (Å²) in [5.41, 5.74) is 0.704. The van der Waals surface area contributed by atoms with E-state index in [9.17, 15) is 18.0 Å². The van der Waals surface area contributed by atoms with Crippen molar-refractivity contribution >= 4 is 21.9 Å². The Hall–Kier alpha value is -1.97. The maximum Gasteiger partial charge on any atom is 0.338 e. The largest absolute Gasteiger partial charge is 0.452 e. The zero-order valence-electron chi connectivity index (χ0n) is 16.6. The molecule has 8 nitrogen and oxygen atoms in total. The van der Waals surface area contributed by atoms with Crippen molar-refractivity contribution in [2.45, 2.75) is 32.1 Å². The van der Waals surface area contributed by atoms with Gasteiger partial charge in [-0.15, -0.1) is 0 Å². The van der Waals surface area contributed by atoms with Crippen LogP contribution in [0.25, 0.3) is 0 Å². The zero-order chi connectivity index (χ0) is 20.7. The van der Waals surface area contributed by atoms with Crippen molar-refractivity contribution in [1.29, 1.82) is 0 Å². The van der Waals surface area contributed by atoms with Crippen LogP contribution in [0.1, 0.15) is 36.2 Å². The third-order valence-electron chi connectivity index (χ3n) is 4.41. The summed E-state index contributed by atoms with van der Waals surface area (Å²) in [6.45, 7) is 7.11. The molecule has 1 aliphatic rings. The molecule has 1 saturated heterocycles. The molecule has 1 heterocycles. The van der Waals surface area contributed by atoms with E-state index in [1.54, 1.807) is 13.0 Å². The Labute approximate surface area is 166 Å². The number of carbonyl (C=O) groups is 2. The van der Waals surface area contributed by atoms with Gasteiger partial charge in [0.1, 0.15) is 0 Å². The highest BCUT2D eigenvalue weighted by atomic mass is 32.2. The fraction of sp³-hybridized carbons (Fsp3) is 0.579. The number of ether oxygens (including phenoxy) is 2. The number of rotatable bonds is 8. The van der Waals surface area contributed by atoms with Gasteiger partial charge in [-0.05, 0) is 37.0 Å². The molecule has 0 unspecified atom stereocenters. The lowest BCUT2D eigenvalue weighted by Gasteiger charge is -2.26. The van der Waals surface area contributed by atoms with Crippen LogP contribution in [-0.2, 0) is 24.3 Å². The third-order valence-corrected chi connectivity index (χ3v) is 6.31. The maximum absolute atomic E-state index is 12.8. The van der Waals surface area contributed by atoms with Gasteiger partial charge in [0.2, 0.25) is 10.0 Å². The fourth-order valence-electron chi connectivity index (χ4n) is 2.68. The van der Waals surface area contributed by atoms with Crippen LogP contribution in [0.2, 0.25) is 0 Å². The molecule has 1 aromatic rings. The molecule has 1 amide bonds. The normalized spacial score (nSPS) is 15.4. The molecule has 1 fully saturated rings. The molecule has 0 aromatic heterocycles. The smallest absolute Gasteiger partial charge is 0.338 e. The molecule has 0 atom stereocenters. The van der Waals surface area contributed by atoms with Gasteiger partial charge in [0.15, 0.2) is 6.61 Å². The molecule has 0 saturated carbocycles. The van der Waals surface area contributed by atoms with Crippen LogP contribution in [0.15, 0.2) is 23.1 Å². The Morgan fingerprint density at radius 3 is 2.57 bits per heavy atom. The van der Waals surface area contributed by atoms with Crippen LogP contribution in [0.3, 0.4) is 0 Å². The lowest BCUT2D eigenvalue weighted by Crippen LogP contribution is -2.40. The number of nitrogens with zero attached hydrogens (tertiary/aromatic N) is 1. The van der Waals surface area contributed by atoms with Crippen molar-refractivity contribution in [2.75, 3.05) is 39.5 Å². The van der Waals surface area contributed by atoms with Crippen LogP contribution in [-0.4, -0.2) is 64.1 Å². The molecule has 0 radical (unpaired) electrons. The van der Waals surface area contributed by atoms with Crippen LogP contribution in [0, 0.1) is 12.8 Å². The predicted octanol–water partition coefficient (Wildman–Crippen LogP) is 1.34. The van der Waals surface area contributed by atoms with Crippen molar-refractivity contribution < 1.29 is 27.5 Å². The Morgan fingerprint density at radius 1 is 1.25 bits per heavy atom. The van der Waals surface area contributed by atoms with Gasteiger partial charge in [-0.2, -0.15) is 4.31 Å². The van der Waals surface area contributed by atoms with Crippen LogP contribution < -0.4 is 5.32 Å². The van der Waals surface area contributed by atoms with Gasteiger partial charge in [0.05, 0.1) is 23.7 Å². The van der Waals surface area contributed by atoms with E-state index < -0.39 is 22.6 Å². The molecular weight excluding hydrogens is 384 g/mol. The van der Waals surface area contributed by atoms with Crippen molar-refractivity contribution in [2.24, 2.45) is 5.92 Å². The van der Waals surface area contributed by atoms with E-state index in [1.165, 1.54) is 16.4 Å². The SMILES string of the molecule is Cc1ccc(S(=O)(=O)N2CCOCC2)cc1C(=O)OCC(=O)NCCC(C)C. The molecule has 1 aliphatic heterocycles. The highest BCUT2D eigenvalue weighted by Crippen LogP contribution is 2.21. The van der Waals surface area contributed by atoms with E-state index in [2.05, 4.69) is 5.32 Å². The minimum Gasteiger partial charge on any atom is -0.452 e. The number of nitrogens with one attached hydrogen (secondary N) is 1. The summed E-state index contributed by atoms with van der Waals surface area (Å²) in [6, 6.07) is 4.33. The molecule has 156 valence electrons. The molecule has 0 aliphatic carbocycles. The minimum atomic E-state index is -3.72. The Kier molecular flexibility index (Phi) is 7.97. The second-order valence-corrected chi connectivity index (χ2v) is 9.04. The van der Waals surface area contributed by atoms with Gasteiger partial charge in [-0.3, -0.25) is 4.79 Å². The number of amides is 1. The molecule has 9 heteroatoms. The fourth-order valence-corrected chi connectivity index (χ4v) is 4.11. The molecule has 0 spiro atoms. The molecule has 1 N–H and O–H groups in total. The third kappa shape index (κ3) is 6.02. The van der Waals surface area contributed by atoms with Crippen LogP contribution in [0.4, 0.5) is 0 Å². The summed E-state index contributed by atoms with van der Waals surface area (Å²) in [7, 11) is -3.72. The first kappa shape index (κ1) is 22.3. The minimum absolute atomic E-state index is 0.0216. The number of hydrogen-bond donors (Lipinski definition) is 1. The van der Waals surface area contributed by atoms with Gasteiger partial charge >= 0.3 is 5.97 Å². The Balaban J connectivity index is 2.04. The summed E-state index contributed by atoms with van der Waals surface area (Å²) >= 11 is 0. The first-order chi connectivity index (χ1) is 13.2. The molecule has 0 bridgehead atoms. The standard InChI is InChI=1S/C19H28N2O6S/c1-14(2)6-7-20-18(22)13-27-19(23)17-12-16(5-4-15(17)3)28(24,25)21-8-10-26-11-9-21/h4-5,12,14H,6-11,13H2,1-3H3,(H,20,22). The number of hydrogen-bond acceptors (Lipinski definition) is 6. The van der Waals surface area contributed by atoms with E-state index in [0.29, 0.717) is 31.2 Å². The zero-order valence-corrected chi connectivity index (χ0v) is 17.4. The number of sulfonamides is 1. The first-order valence-electron chi connectivity index (χ1n) is 9.34. The number of benzene rings is 1. The number of carbonyl (C=O) groups excluding carboxylic acids is 2. The van der Waals surface area contributed by atoms with E-state index >= 15 is 0 Å². The average molecular weight is 413 g/mol. The highest BCUT2D eigenvalue weighted by molar-refractivity contribution is 7.89. The Bertz CT molecular complexity index is 801. The monoisotopic (exact) mass is 412 g/mol. The van der Waals surface area contributed by atoms with Crippen molar-refractivity contribution in [1.82, 2.24) is 9.62 Å². The molecule has 2 rings (SSSR count). The van der Waals surface area contributed by atoms with E-state index in [-0.39, 0.29) is 29.5 Å². The van der Waals surface area contributed by atoms with Gasteiger partial charge in [-0.25, -0.2) is 13.2 Å². The first-order valence-corrected chi connectivity index (χ1v) is 10.8. The van der Waals surface area contributed by atoms with Gasteiger partial charge in [-0.1, -0.05) is 19.9 Å². The van der Waals surface area contributed by atoms with Crippen LogP contribution in [0.5, 0.6) is 0 Å². The molecule has 28 heavy (non-hydrogen) atoms. The van der Waals surface area contributed by atoms with E-state index in [4.69, 9.17) is 9.47 Å². The van der Waals surface area contributed by atoms with Crippen molar-refractivity contribution in [3.05, 3.63) is 29.3 Å². The lowest BCUT2D eigenvalue weighted by molar-refractivity contribution is -0.124. The van der Waals surface area contributed by atoms with Gasteiger partial charge in [0.25, 0.3) is 5.91 Å². The van der Waals surface area contributed by atoms with Gasteiger partial charge in [0, 0.05) is 19.6 Å². The number of morpholine rings is 1. The van der Waals surface area contributed by atoms with E-state index in [1.807, 2.05) is 13.8 Å². The molecule has 1 aromatic carbocycles. The summed E-state index contributed by atoms with van der Waals surface area (Å²) in [4.78, 5) is 24.2.